The number of azide groups is 1. The molecule has 0 radical (unpaired) electrons. The standard InChI is InChI=1S/C17H24N4/c18-20-19-16-9-13-21(14-10-16)17(11-5-2-6-12-17)15-7-3-1-4-8-15/h1,3-4,7-8,16H,2,5-6,9-14H2. The van der Waals surface area contributed by atoms with Gasteiger partial charge in [0.25, 0.3) is 0 Å². The van der Waals surface area contributed by atoms with Crippen molar-refractivity contribution in [2.75, 3.05) is 13.1 Å². The topological polar surface area (TPSA) is 52.0 Å². The Kier molecular flexibility index (Phi) is 4.47. The maximum atomic E-state index is 8.61. The number of piperidine rings is 1. The van der Waals surface area contributed by atoms with Crippen molar-refractivity contribution < 1.29 is 0 Å². The monoisotopic (exact) mass is 284 g/mol. The van der Waals surface area contributed by atoms with Crippen LogP contribution >= 0.6 is 0 Å². The van der Waals surface area contributed by atoms with E-state index in [-0.39, 0.29) is 11.6 Å². The lowest BCUT2D eigenvalue weighted by atomic mass is 9.74. The highest BCUT2D eigenvalue weighted by atomic mass is 15.2. The number of hydrogen-bond donors (Lipinski definition) is 0. The average molecular weight is 284 g/mol. The van der Waals surface area contributed by atoms with Gasteiger partial charge in [-0.25, -0.2) is 0 Å². The molecule has 0 bridgehead atoms. The summed E-state index contributed by atoms with van der Waals surface area (Å²) in [6.45, 7) is 2.11. The first kappa shape index (κ1) is 14.4. The van der Waals surface area contributed by atoms with Crippen molar-refractivity contribution >= 4 is 0 Å². The minimum atomic E-state index is 0.197. The Bertz CT molecular complexity index is 493. The molecule has 1 aliphatic heterocycles. The number of hydrogen-bond acceptors (Lipinski definition) is 2. The van der Waals surface area contributed by atoms with Crippen molar-refractivity contribution in [2.45, 2.75) is 56.5 Å². The largest absolute Gasteiger partial charge is 0.294 e. The molecule has 1 saturated carbocycles. The molecule has 0 amide bonds. The maximum absolute atomic E-state index is 8.61. The lowest BCUT2D eigenvalue weighted by Crippen LogP contribution is -2.51. The average Bonchev–Trinajstić information content (AvgIpc) is 2.57. The first-order chi connectivity index (χ1) is 10.3. The van der Waals surface area contributed by atoms with Gasteiger partial charge in [0.2, 0.25) is 0 Å². The number of rotatable bonds is 3. The molecule has 0 unspecified atom stereocenters. The Labute approximate surface area is 126 Å². The lowest BCUT2D eigenvalue weighted by Gasteiger charge is -2.49. The molecule has 112 valence electrons. The maximum Gasteiger partial charge on any atom is 0.0460 e. The molecule has 4 heteroatoms. The van der Waals surface area contributed by atoms with Crippen LogP contribution in [0.2, 0.25) is 0 Å². The first-order valence-electron chi connectivity index (χ1n) is 8.20. The van der Waals surface area contributed by atoms with Gasteiger partial charge in [0, 0.05) is 16.5 Å². The third-order valence-corrected chi connectivity index (χ3v) is 5.28. The van der Waals surface area contributed by atoms with Gasteiger partial charge in [0.05, 0.1) is 0 Å². The fourth-order valence-electron chi connectivity index (χ4n) is 4.15. The van der Waals surface area contributed by atoms with Gasteiger partial charge in [-0.05, 0) is 49.9 Å². The van der Waals surface area contributed by atoms with Crippen LogP contribution in [0.4, 0.5) is 0 Å². The van der Waals surface area contributed by atoms with Crippen molar-refractivity contribution in [3.63, 3.8) is 0 Å². The Morgan fingerprint density at radius 1 is 1.05 bits per heavy atom. The van der Waals surface area contributed by atoms with Crippen LogP contribution in [0.3, 0.4) is 0 Å². The van der Waals surface area contributed by atoms with Crippen molar-refractivity contribution in [3.05, 3.63) is 46.3 Å². The van der Waals surface area contributed by atoms with Gasteiger partial charge < -0.3 is 0 Å². The fourth-order valence-corrected chi connectivity index (χ4v) is 4.15. The molecule has 21 heavy (non-hydrogen) atoms. The van der Waals surface area contributed by atoms with E-state index < -0.39 is 0 Å². The van der Waals surface area contributed by atoms with E-state index in [9.17, 15) is 0 Å². The highest BCUT2D eigenvalue weighted by Crippen LogP contribution is 2.43. The Balaban J connectivity index is 1.82. The van der Waals surface area contributed by atoms with Crippen LogP contribution in [0.25, 0.3) is 10.4 Å². The smallest absolute Gasteiger partial charge is 0.0460 e. The summed E-state index contributed by atoms with van der Waals surface area (Å²) in [7, 11) is 0. The van der Waals surface area contributed by atoms with Crippen LogP contribution in [0, 0.1) is 0 Å². The molecule has 2 aliphatic rings. The number of benzene rings is 1. The summed E-state index contributed by atoms with van der Waals surface area (Å²) < 4.78 is 0. The number of likely N-dealkylation sites (tertiary alicyclic amines) is 1. The van der Waals surface area contributed by atoms with Gasteiger partial charge in [-0.15, -0.1) is 0 Å². The summed E-state index contributed by atoms with van der Waals surface area (Å²) in [4.78, 5) is 5.65. The van der Waals surface area contributed by atoms with Crippen LogP contribution < -0.4 is 0 Å². The Morgan fingerprint density at radius 3 is 2.33 bits per heavy atom. The zero-order valence-corrected chi connectivity index (χ0v) is 12.6. The Morgan fingerprint density at radius 2 is 1.71 bits per heavy atom. The molecule has 1 aromatic rings. The van der Waals surface area contributed by atoms with Crippen LogP contribution in [-0.2, 0) is 5.54 Å². The summed E-state index contributed by atoms with van der Waals surface area (Å²) in [5.74, 6) is 0. The normalized spacial score (nSPS) is 23.4. The third kappa shape index (κ3) is 2.92. The predicted octanol–water partition coefficient (Wildman–Crippen LogP) is 4.62. The van der Waals surface area contributed by atoms with Gasteiger partial charge >= 0.3 is 0 Å². The van der Waals surface area contributed by atoms with E-state index in [2.05, 4.69) is 45.3 Å². The molecule has 0 N–H and O–H groups in total. The van der Waals surface area contributed by atoms with E-state index in [1.165, 1.54) is 37.7 Å². The van der Waals surface area contributed by atoms with Gasteiger partial charge in [-0.2, -0.15) is 0 Å². The molecule has 1 heterocycles. The summed E-state index contributed by atoms with van der Waals surface area (Å²) in [6.07, 6.45) is 8.55. The van der Waals surface area contributed by atoms with Crippen LogP contribution in [0.15, 0.2) is 35.4 Å². The number of nitrogens with zero attached hydrogens (tertiary/aromatic N) is 4. The highest BCUT2D eigenvalue weighted by molar-refractivity contribution is 5.25. The fraction of sp³-hybridized carbons (Fsp3) is 0.647. The van der Waals surface area contributed by atoms with Crippen molar-refractivity contribution in [1.82, 2.24) is 4.90 Å². The molecular weight excluding hydrogens is 260 g/mol. The summed E-state index contributed by atoms with van der Waals surface area (Å²) in [6, 6.07) is 11.2. The lowest BCUT2D eigenvalue weighted by molar-refractivity contribution is 0.0262. The molecule has 0 atom stereocenters. The molecule has 1 aromatic carbocycles. The zero-order chi connectivity index (χ0) is 14.5. The molecule has 0 spiro atoms. The van der Waals surface area contributed by atoms with E-state index in [1.807, 2.05) is 0 Å². The SMILES string of the molecule is [N-]=[N+]=NC1CCN(C2(c3ccccc3)CCCCC2)CC1. The van der Waals surface area contributed by atoms with Crippen molar-refractivity contribution in [1.29, 1.82) is 0 Å². The van der Waals surface area contributed by atoms with Crippen molar-refractivity contribution in [3.8, 4) is 0 Å². The second-order valence-corrected chi connectivity index (χ2v) is 6.38. The summed E-state index contributed by atoms with van der Waals surface area (Å²) in [5, 5.41) is 3.91. The van der Waals surface area contributed by atoms with Gasteiger partial charge in [0.1, 0.15) is 0 Å². The minimum Gasteiger partial charge on any atom is -0.294 e. The van der Waals surface area contributed by atoms with E-state index >= 15 is 0 Å². The van der Waals surface area contributed by atoms with E-state index in [0.717, 1.165) is 25.9 Å². The van der Waals surface area contributed by atoms with E-state index in [1.54, 1.807) is 0 Å². The van der Waals surface area contributed by atoms with Gasteiger partial charge in [-0.1, -0.05) is 54.7 Å². The second kappa shape index (κ2) is 6.50. The molecule has 2 fully saturated rings. The molecule has 1 aliphatic carbocycles. The van der Waals surface area contributed by atoms with Crippen LogP contribution in [-0.4, -0.2) is 24.0 Å². The molecule has 1 saturated heterocycles. The third-order valence-electron chi connectivity index (χ3n) is 5.28. The van der Waals surface area contributed by atoms with Crippen LogP contribution in [0.1, 0.15) is 50.5 Å². The first-order valence-corrected chi connectivity index (χ1v) is 8.20. The highest BCUT2D eigenvalue weighted by Gasteiger charge is 2.40. The Hall–Kier alpha value is -1.51. The quantitative estimate of drug-likeness (QED) is 0.454. The van der Waals surface area contributed by atoms with Crippen molar-refractivity contribution in [2.24, 2.45) is 5.11 Å². The van der Waals surface area contributed by atoms with Gasteiger partial charge in [0.15, 0.2) is 0 Å². The minimum absolute atomic E-state index is 0.197. The van der Waals surface area contributed by atoms with E-state index in [4.69, 9.17) is 5.53 Å². The second-order valence-electron chi connectivity index (χ2n) is 6.38. The predicted molar refractivity (Wildman–Crippen MR) is 84.9 cm³/mol. The molecular formula is C17H24N4. The molecule has 0 aromatic heterocycles. The molecule has 3 rings (SSSR count). The van der Waals surface area contributed by atoms with Crippen LogP contribution in [0.5, 0.6) is 0 Å². The molecule has 4 nitrogen and oxygen atoms in total. The summed E-state index contributed by atoms with van der Waals surface area (Å²) in [5.41, 5.74) is 10.3. The zero-order valence-electron chi connectivity index (χ0n) is 12.6. The summed E-state index contributed by atoms with van der Waals surface area (Å²) >= 11 is 0. The van der Waals surface area contributed by atoms with E-state index in [0.29, 0.717) is 0 Å². The van der Waals surface area contributed by atoms with Gasteiger partial charge in [-0.3, -0.25) is 4.90 Å².